The minimum absolute atomic E-state index is 0.0273. The van der Waals surface area contributed by atoms with E-state index in [4.69, 9.17) is 5.73 Å². The fourth-order valence-corrected chi connectivity index (χ4v) is 3.35. The van der Waals surface area contributed by atoms with Crippen molar-refractivity contribution in [3.8, 4) is 0 Å². The molecule has 3 unspecified atom stereocenters. The van der Waals surface area contributed by atoms with Gasteiger partial charge in [0.1, 0.15) is 15.9 Å². The lowest BCUT2D eigenvalue weighted by Gasteiger charge is -2.32. The summed E-state index contributed by atoms with van der Waals surface area (Å²) in [7, 11) is -3.26. The third kappa shape index (κ3) is 3.35. The van der Waals surface area contributed by atoms with Gasteiger partial charge >= 0.3 is 6.18 Å². The highest BCUT2D eigenvalue weighted by atomic mass is 32.2. The van der Waals surface area contributed by atoms with Gasteiger partial charge < -0.3 is 5.73 Å². The molecule has 7 heteroatoms. The van der Waals surface area contributed by atoms with Crippen molar-refractivity contribution in [2.45, 2.75) is 43.2 Å². The van der Waals surface area contributed by atoms with Gasteiger partial charge in [0.2, 0.25) is 0 Å². The Hall–Kier alpha value is -0.300. The average molecular weight is 259 g/mol. The molecule has 16 heavy (non-hydrogen) atoms. The van der Waals surface area contributed by atoms with Crippen molar-refractivity contribution in [3.05, 3.63) is 0 Å². The van der Waals surface area contributed by atoms with E-state index in [1.807, 2.05) is 0 Å². The molecule has 3 nitrogen and oxygen atoms in total. The molecule has 1 aliphatic rings. The van der Waals surface area contributed by atoms with Gasteiger partial charge in [0.15, 0.2) is 0 Å². The summed E-state index contributed by atoms with van der Waals surface area (Å²) in [6.45, 7) is 0. The molecule has 0 bridgehead atoms. The molecule has 0 heterocycles. The number of sulfone groups is 1. The third-order valence-corrected chi connectivity index (χ3v) is 4.80. The largest absolute Gasteiger partial charge is 0.403 e. The van der Waals surface area contributed by atoms with E-state index in [2.05, 4.69) is 0 Å². The maximum atomic E-state index is 12.4. The first kappa shape index (κ1) is 13.8. The zero-order valence-electron chi connectivity index (χ0n) is 9.00. The smallest absolute Gasteiger partial charge is 0.320 e. The highest BCUT2D eigenvalue weighted by Gasteiger charge is 2.44. The Morgan fingerprint density at radius 3 is 2.31 bits per heavy atom. The molecule has 1 saturated carbocycles. The number of rotatable bonds is 2. The molecular weight excluding hydrogens is 243 g/mol. The first-order valence-electron chi connectivity index (χ1n) is 5.13. The van der Waals surface area contributed by atoms with Crippen LogP contribution >= 0.6 is 0 Å². The summed E-state index contributed by atoms with van der Waals surface area (Å²) >= 11 is 0. The minimum atomic E-state index is -4.44. The second kappa shape index (κ2) is 4.52. The monoisotopic (exact) mass is 259 g/mol. The van der Waals surface area contributed by atoms with Crippen molar-refractivity contribution >= 4 is 9.84 Å². The van der Waals surface area contributed by atoms with Gasteiger partial charge in [0.25, 0.3) is 0 Å². The van der Waals surface area contributed by atoms with E-state index in [0.717, 1.165) is 6.26 Å². The van der Waals surface area contributed by atoms with Gasteiger partial charge in [-0.25, -0.2) is 8.42 Å². The molecular formula is C9H16F3NO2S. The SMILES string of the molecule is CS(=O)(=O)C1CCCC(C(N)C(F)(F)F)C1. The van der Waals surface area contributed by atoms with E-state index in [-0.39, 0.29) is 6.42 Å². The Bertz CT molecular complexity index is 339. The first-order valence-corrected chi connectivity index (χ1v) is 7.09. The molecule has 0 aliphatic heterocycles. The molecule has 0 spiro atoms. The van der Waals surface area contributed by atoms with Crippen LogP contribution in [0.4, 0.5) is 13.2 Å². The van der Waals surface area contributed by atoms with Crippen LogP contribution in [-0.4, -0.2) is 32.1 Å². The molecule has 1 rings (SSSR count). The number of halogens is 3. The fraction of sp³-hybridized carbons (Fsp3) is 1.00. The van der Waals surface area contributed by atoms with E-state index in [9.17, 15) is 21.6 Å². The van der Waals surface area contributed by atoms with Crippen LogP contribution in [0.3, 0.4) is 0 Å². The molecule has 1 aliphatic carbocycles. The van der Waals surface area contributed by atoms with E-state index in [1.54, 1.807) is 0 Å². The standard InChI is InChI=1S/C9H16F3NO2S/c1-16(14,15)7-4-2-3-6(5-7)8(13)9(10,11)12/h6-8H,2-5,13H2,1H3. The van der Waals surface area contributed by atoms with Crippen LogP contribution in [0.15, 0.2) is 0 Å². The number of nitrogens with two attached hydrogens (primary N) is 1. The van der Waals surface area contributed by atoms with Crippen molar-refractivity contribution < 1.29 is 21.6 Å². The third-order valence-electron chi connectivity index (χ3n) is 3.16. The van der Waals surface area contributed by atoms with Crippen molar-refractivity contribution in [2.24, 2.45) is 11.7 Å². The van der Waals surface area contributed by atoms with Crippen LogP contribution in [0.5, 0.6) is 0 Å². The maximum absolute atomic E-state index is 12.4. The lowest BCUT2D eigenvalue weighted by Crippen LogP contribution is -2.46. The van der Waals surface area contributed by atoms with Gasteiger partial charge in [0, 0.05) is 6.26 Å². The van der Waals surface area contributed by atoms with E-state index < -0.39 is 33.2 Å². The van der Waals surface area contributed by atoms with Gasteiger partial charge in [-0.1, -0.05) is 6.42 Å². The van der Waals surface area contributed by atoms with Crippen LogP contribution in [0, 0.1) is 5.92 Å². The van der Waals surface area contributed by atoms with Gasteiger partial charge in [-0.3, -0.25) is 0 Å². The predicted octanol–water partition coefficient (Wildman–Crippen LogP) is 1.48. The quantitative estimate of drug-likeness (QED) is 0.817. The summed E-state index contributed by atoms with van der Waals surface area (Å²) in [5.41, 5.74) is 5.11. The van der Waals surface area contributed by atoms with E-state index in [0.29, 0.717) is 19.3 Å². The molecule has 0 aromatic carbocycles. The van der Waals surface area contributed by atoms with E-state index in [1.165, 1.54) is 0 Å². The second-order valence-electron chi connectivity index (χ2n) is 4.45. The number of alkyl halides is 3. The molecule has 96 valence electrons. The minimum Gasteiger partial charge on any atom is -0.320 e. The molecule has 0 aromatic rings. The molecule has 0 saturated heterocycles. The van der Waals surface area contributed by atoms with Gasteiger partial charge in [-0.15, -0.1) is 0 Å². The Labute approximate surface area is 93.1 Å². The summed E-state index contributed by atoms with van der Waals surface area (Å²) in [6.07, 6.45) is -2.05. The summed E-state index contributed by atoms with van der Waals surface area (Å²) in [5.74, 6) is -0.770. The van der Waals surface area contributed by atoms with Crippen LogP contribution in [0.1, 0.15) is 25.7 Å². The number of hydrogen-bond acceptors (Lipinski definition) is 3. The maximum Gasteiger partial charge on any atom is 0.403 e. The predicted molar refractivity (Wildman–Crippen MR) is 54.6 cm³/mol. The van der Waals surface area contributed by atoms with Crippen LogP contribution in [0.25, 0.3) is 0 Å². The first-order chi connectivity index (χ1) is 7.12. The van der Waals surface area contributed by atoms with Gasteiger partial charge in [-0.05, 0) is 25.2 Å². The molecule has 0 radical (unpaired) electrons. The fourth-order valence-electron chi connectivity index (χ4n) is 2.16. The topological polar surface area (TPSA) is 60.2 Å². The average Bonchev–Trinajstić information content (AvgIpc) is 2.14. The Kier molecular flexibility index (Phi) is 3.89. The second-order valence-corrected chi connectivity index (χ2v) is 6.77. The van der Waals surface area contributed by atoms with Crippen LogP contribution < -0.4 is 5.73 Å². The highest BCUT2D eigenvalue weighted by molar-refractivity contribution is 7.91. The van der Waals surface area contributed by atoms with Crippen molar-refractivity contribution in [2.75, 3.05) is 6.26 Å². The number of hydrogen-bond donors (Lipinski definition) is 1. The lowest BCUT2D eigenvalue weighted by atomic mass is 9.83. The normalized spacial score (nSPS) is 30.1. The summed E-state index contributed by atoms with van der Waals surface area (Å²) < 4.78 is 59.7. The van der Waals surface area contributed by atoms with Gasteiger partial charge in [-0.2, -0.15) is 13.2 Å². The highest BCUT2D eigenvalue weighted by Crippen LogP contribution is 2.35. The molecule has 0 amide bonds. The summed E-state index contributed by atoms with van der Waals surface area (Å²) in [6, 6.07) is -1.91. The zero-order valence-corrected chi connectivity index (χ0v) is 9.81. The van der Waals surface area contributed by atoms with Crippen molar-refractivity contribution in [1.29, 1.82) is 0 Å². The summed E-state index contributed by atoms with van der Waals surface area (Å²) in [5, 5.41) is -0.667. The van der Waals surface area contributed by atoms with Crippen molar-refractivity contribution in [3.63, 3.8) is 0 Å². The lowest BCUT2D eigenvalue weighted by molar-refractivity contribution is -0.161. The van der Waals surface area contributed by atoms with Crippen molar-refractivity contribution in [1.82, 2.24) is 0 Å². The zero-order chi connectivity index (χ0) is 12.6. The van der Waals surface area contributed by atoms with E-state index >= 15 is 0 Å². The molecule has 0 aromatic heterocycles. The Morgan fingerprint density at radius 2 is 1.88 bits per heavy atom. The Balaban J connectivity index is 2.72. The molecule has 3 atom stereocenters. The Morgan fingerprint density at radius 1 is 1.31 bits per heavy atom. The molecule has 1 fully saturated rings. The molecule has 2 N–H and O–H groups in total. The van der Waals surface area contributed by atoms with Crippen LogP contribution in [0.2, 0.25) is 0 Å². The van der Waals surface area contributed by atoms with Crippen LogP contribution in [-0.2, 0) is 9.84 Å². The van der Waals surface area contributed by atoms with Gasteiger partial charge in [0.05, 0.1) is 5.25 Å². The summed E-state index contributed by atoms with van der Waals surface area (Å²) in [4.78, 5) is 0.